The van der Waals surface area contributed by atoms with Gasteiger partial charge in [0, 0.05) is 31.1 Å². The minimum Gasteiger partial charge on any atom is -0.537 e. The van der Waals surface area contributed by atoms with Crippen molar-refractivity contribution in [3.8, 4) is 23.2 Å². The van der Waals surface area contributed by atoms with Crippen LogP contribution >= 0.6 is 0 Å². The monoisotopic (exact) mass is 486 g/mol. The van der Waals surface area contributed by atoms with Crippen molar-refractivity contribution in [3.63, 3.8) is 0 Å². The van der Waals surface area contributed by atoms with Gasteiger partial charge in [-0.15, -0.1) is 0 Å². The Morgan fingerprint density at radius 1 is 0.971 bits per heavy atom. The summed E-state index contributed by atoms with van der Waals surface area (Å²) in [5.74, 6) is 5.22. The van der Waals surface area contributed by atoms with E-state index >= 15 is 0 Å². The van der Waals surface area contributed by atoms with E-state index in [-0.39, 0.29) is 51.4 Å². The second kappa shape index (κ2) is 10.9. The molecule has 0 atom stereocenters. The van der Waals surface area contributed by atoms with Gasteiger partial charge in [0.15, 0.2) is 0 Å². The summed E-state index contributed by atoms with van der Waals surface area (Å²) in [5, 5.41) is 10.6. The number of aryl methyl sites for hydroxylation is 2. The van der Waals surface area contributed by atoms with Crippen LogP contribution in [0.3, 0.4) is 0 Å². The number of carbonyl (C=O) groups is 1. The van der Waals surface area contributed by atoms with E-state index < -0.39 is 5.97 Å². The van der Waals surface area contributed by atoms with Crippen molar-refractivity contribution in [2.45, 2.75) is 26.3 Å². The third kappa shape index (κ3) is 5.27. The molecular formula is C28H23KN4O2. The van der Waals surface area contributed by atoms with Crippen molar-refractivity contribution >= 4 is 28.0 Å². The summed E-state index contributed by atoms with van der Waals surface area (Å²) < 4.78 is 4.38. The molecule has 2 aromatic heterocycles. The number of nitrogens with zero attached hydrogens (tertiary/aromatic N) is 4. The van der Waals surface area contributed by atoms with Crippen LogP contribution in [0, 0.1) is 11.8 Å². The average molecular weight is 487 g/mol. The average Bonchev–Trinajstić information content (AvgIpc) is 3.36. The van der Waals surface area contributed by atoms with Crippen molar-refractivity contribution in [1.82, 2.24) is 19.1 Å². The van der Waals surface area contributed by atoms with Crippen molar-refractivity contribution in [3.05, 3.63) is 83.7 Å². The first kappa shape index (κ1) is 25.4. The Morgan fingerprint density at radius 2 is 1.71 bits per heavy atom. The number of aliphatic carboxylic acids is 1. The quantitative estimate of drug-likeness (QED) is 0.271. The van der Waals surface area contributed by atoms with E-state index in [1.54, 1.807) is 0 Å². The maximum atomic E-state index is 10.6. The van der Waals surface area contributed by atoms with Gasteiger partial charge in [0.25, 0.3) is 0 Å². The van der Waals surface area contributed by atoms with Gasteiger partial charge in [0.05, 0.1) is 22.1 Å². The van der Waals surface area contributed by atoms with Crippen LogP contribution in [0.2, 0.25) is 0 Å². The number of carbonyl (C=O) groups excluding carboxylic acids is 1. The number of carboxylic acid groups (broad SMARTS) is 1. The van der Waals surface area contributed by atoms with Gasteiger partial charge >= 0.3 is 51.4 Å². The first-order valence-corrected chi connectivity index (χ1v) is 11.3. The van der Waals surface area contributed by atoms with Crippen molar-refractivity contribution in [1.29, 1.82) is 0 Å². The summed E-state index contributed by atoms with van der Waals surface area (Å²) in [5.41, 5.74) is 6.87. The third-order valence-electron chi connectivity index (χ3n) is 5.95. The van der Waals surface area contributed by atoms with E-state index in [0.29, 0.717) is 12.1 Å². The number of fused-ring (bicyclic) bond motifs is 2. The minimum atomic E-state index is -1.38. The van der Waals surface area contributed by atoms with E-state index in [1.165, 1.54) is 0 Å². The molecule has 0 aliphatic carbocycles. The summed E-state index contributed by atoms with van der Waals surface area (Å²) in [4.78, 5) is 20.3. The predicted molar refractivity (Wildman–Crippen MR) is 131 cm³/mol. The standard InChI is InChI=1S/C28H24N4O2.K/c1-3-6-26-29-23-15-14-21(28-30-22-7-4-5-8-24(22)31(28)2)17-25(23)32(26)18-20-11-9-19(10-12-20)13-16-27(33)34;/h4-5,7-12,14-15,17H,3,6,18H2,1-2H3,(H,33,34);/q;+1/p-1. The minimum absolute atomic E-state index is 0. The zero-order valence-electron chi connectivity index (χ0n) is 20.1. The maximum Gasteiger partial charge on any atom is 1.00 e. The molecule has 3 aromatic carbocycles. The summed E-state index contributed by atoms with van der Waals surface area (Å²) in [6.45, 7) is 2.81. The fourth-order valence-electron chi connectivity index (χ4n) is 4.31. The van der Waals surface area contributed by atoms with Crippen LogP contribution < -0.4 is 56.5 Å². The van der Waals surface area contributed by atoms with E-state index in [9.17, 15) is 9.90 Å². The zero-order chi connectivity index (χ0) is 23.7. The number of aromatic nitrogens is 4. The Hall–Kier alpha value is -2.73. The molecule has 35 heavy (non-hydrogen) atoms. The fraction of sp³-hybridized carbons (Fsp3) is 0.179. The van der Waals surface area contributed by atoms with E-state index in [4.69, 9.17) is 9.97 Å². The summed E-state index contributed by atoms with van der Waals surface area (Å²) in [6, 6.07) is 22.1. The molecule has 2 heterocycles. The molecule has 5 aromatic rings. The molecule has 5 rings (SSSR count). The number of benzene rings is 3. The molecule has 0 aliphatic heterocycles. The van der Waals surface area contributed by atoms with Gasteiger partial charge in [-0.3, -0.25) is 0 Å². The van der Waals surface area contributed by atoms with Gasteiger partial charge < -0.3 is 19.0 Å². The van der Waals surface area contributed by atoms with Gasteiger partial charge in [0.2, 0.25) is 0 Å². The van der Waals surface area contributed by atoms with Crippen LogP contribution in [0.25, 0.3) is 33.5 Å². The second-order valence-electron chi connectivity index (χ2n) is 8.29. The van der Waals surface area contributed by atoms with Crippen LogP contribution in [0.4, 0.5) is 0 Å². The SMILES string of the molecule is CCCc1nc2ccc(-c3nc4ccccc4n3C)cc2n1Cc1ccc(C#CC(=O)[O-])cc1.[K+]. The molecular weight excluding hydrogens is 463 g/mol. The fourth-order valence-corrected chi connectivity index (χ4v) is 4.31. The Bertz CT molecular complexity index is 1590. The number of rotatable bonds is 5. The van der Waals surface area contributed by atoms with Crippen LogP contribution in [-0.4, -0.2) is 25.1 Å². The van der Waals surface area contributed by atoms with Crippen molar-refractivity contribution in [2.75, 3.05) is 0 Å². The van der Waals surface area contributed by atoms with E-state index in [2.05, 4.69) is 46.2 Å². The summed E-state index contributed by atoms with van der Waals surface area (Å²) >= 11 is 0. The number of para-hydroxylation sites is 2. The number of carboxylic acids is 1. The Labute approximate surface area is 246 Å². The van der Waals surface area contributed by atoms with Crippen LogP contribution in [0.5, 0.6) is 0 Å². The van der Waals surface area contributed by atoms with Gasteiger partial charge in [0.1, 0.15) is 17.6 Å². The van der Waals surface area contributed by atoms with Crippen LogP contribution in [0.15, 0.2) is 66.7 Å². The molecule has 0 N–H and O–H groups in total. The van der Waals surface area contributed by atoms with Gasteiger partial charge in [-0.1, -0.05) is 37.1 Å². The predicted octanol–water partition coefficient (Wildman–Crippen LogP) is 0.696. The van der Waals surface area contributed by atoms with Crippen molar-refractivity contribution in [2.24, 2.45) is 7.05 Å². The molecule has 0 fully saturated rings. The van der Waals surface area contributed by atoms with Crippen molar-refractivity contribution < 1.29 is 61.3 Å². The van der Waals surface area contributed by atoms with Gasteiger partial charge in [-0.2, -0.15) is 0 Å². The Kier molecular flexibility index (Phi) is 7.90. The van der Waals surface area contributed by atoms with Gasteiger partial charge in [-0.25, -0.2) is 9.97 Å². The number of imidazole rings is 2. The summed E-state index contributed by atoms with van der Waals surface area (Å²) in [7, 11) is 2.04. The number of hydrogen-bond acceptors (Lipinski definition) is 4. The molecule has 0 aliphatic rings. The largest absolute Gasteiger partial charge is 1.00 e. The zero-order valence-corrected chi connectivity index (χ0v) is 23.2. The molecule has 0 saturated carbocycles. The molecule has 0 amide bonds. The van der Waals surface area contributed by atoms with Crippen LogP contribution in [-0.2, 0) is 24.8 Å². The smallest absolute Gasteiger partial charge is 0.537 e. The molecule has 0 radical (unpaired) electrons. The maximum absolute atomic E-state index is 10.6. The molecule has 0 saturated heterocycles. The summed E-state index contributed by atoms with van der Waals surface area (Å²) in [6.07, 6.45) is 1.88. The van der Waals surface area contributed by atoms with E-state index in [1.807, 2.05) is 55.4 Å². The molecule has 168 valence electrons. The molecule has 0 spiro atoms. The van der Waals surface area contributed by atoms with Gasteiger partial charge in [-0.05, 0) is 60.4 Å². The Balaban J connectivity index is 0.00000289. The van der Waals surface area contributed by atoms with Crippen LogP contribution in [0.1, 0.15) is 30.3 Å². The molecule has 0 unspecified atom stereocenters. The molecule has 0 bridgehead atoms. The normalized spacial score (nSPS) is 10.7. The first-order chi connectivity index (χ1) is 16.5. The second-order valence-corrected chi connectivity index (χ2v) is 8.29. The third-order valence-corrected chi connectivity index (χ3v) is 5.95. The van der Waals surface area contributed by atoms with E-state index in [0.717, 1.165) is 57.7 Å². The number of hydrogen-bond donors (Lipinski definition) is 0. The molecule has 6 nitrogen and oxygen atoms in total. The molecule has 7 heteroatoms. The Morgan fingerprint density at radius 3 is 2.43 bits per heavy atom. The first-order valence-electron chi connectivity index (χ1n) is 11.3. The topological polar surface area (TPSA) is 75.8 Å².